The Kier molecular flexibility index (Phi) is 4.24. The van der Waals surface area contributed by atoms with Crippen LogP contribution in [0.15, 0.2) is 18.2 Å². The summed E-state index contributed by atoms with van der Waals surface area (Å²) in [5.74, 6) is 1.41. The number of alkyl halides is 1. The van der Waals surface area contributed by atoms with Crippen LogP contribution < -0.4 is 9.47 Å². The second-order valence-corrected chi connectivity index (χ2v) is 3.83. The molecule has 0 radical (unpaired) electrons. The van der Waals surface area contributed by atoms with Gasteiger partial charge in [-0.25, -0.2) is 0 Å². The van der Waals surface area contributed by atoms with Crippen molar-refractivity contribution < 1.29 is 9.47 Å². The predicted molar refractivity (Wildman–Crippen MR) is 61.8 cm³/mol. The second-order valence-electron chi connectivity index (χ2n) is 3.41. The zero-order valence-electron chi connectivity index (χ0n) is 9.45. The summed E-state index contributed by atoms with van der Waals surface area (Å²) in [5, 5.41) is 0. The molecule has 1 unspecified atom stereocenters. The number of methoxy groups -OCH3 is 2. The van der Waals surface area contributed by atoms with Crippen LogP contribution in [0.1, 0.15) is 11.1 Å². The maximum absolute atomic E-state index is 6.20. The molecule has 1 aromatic carbocycles. The molecule has 0 spiro atoms. The fourth-order valence-corrected chi connectivity index (χ4v) is 1.43. The molecule has 4 heteroatoms. The van der Waals surface area contributed by atoms with Gasteiger partial charge in [-0.3, -0.25) is 4.90 Å². The minimum atomic E-state index is -0.162. The first-order valence-electron chi connectivity index (χ1n) is 4.62. The van der Waals surface area contributed by atoms with Crippen molar-refractivity contribution in [3.8, 4) is 11.5 Å². The third kappa shape index (κ3) is 2.76. The molecule has 0 aliphatic heterocycles. The normalized spacial score (nSPS) is 12.7. The highest BCUT2D eigenvalue weighted by atomic mass is 35.5. The molecule has 15 heavy (non-hydrogen) atoms. The molecule has 0 saturated carbocycles. The van der Waals surface area contributed by atoms with Crippen molar-refractivity contribution in [2.45, 2.75) is 5.50 Å². The lowest BCUT2D eigenvalue weighted by Gasteiger charge is -2.19. The summed E-state index contributed by atoms with van der Waals surface area (Å²) in [7, 11) is 7.07. The van der Waals surface area contributed by atoms with E-state index in [1.807, 2.05) is 37.2 Å². The average molecular weight is 230 g/mol. The van der Waals surface area contributed by atoms with Gasteiger partial charge in [0.1, 0.15) is 5.50 Å². The van der Waals surface area contributed by atoms with E-state index in [2.05, 4.69) is 0 Å². The maximum atomic E-state index is 6.20. The van der Waals surface area contributed by atoms with Gasteiger partial charge in [0.25, 0.3) is 0 Å². The van der Waals surface area contributed by atoms with Crippen molar-refractivity contribution in [1.29, 1.82) is 0 Å². The highest BCUT2D eigenvalue weighted by Gasteiger charge is 2.13. The van der Waals surface area contributed by atoms with E-state index >= 15 is 0 Å². The van der Waals surface area contributed by atoms with Crippen molar-refractivity contribution in [2.75, 3.05) is 28.3 Å². The second kappa shape index (κ2) is 5.24. The van der Waals surface area contributed by atoms with Gasteiger partial charge in [-0.15, -0.1) is 11.6 Å². The van der Waals surface area contributed by atoms with Crippen LogP contribution in [0.4, 0.5) is 0 Å². The average Bonchev–Trinajstić information content (AvgIpc) is 2.26. The Labute approximate surface area is 95.5 Å². The first-order valence-corrected chi connectivity index (χ1v) is 5.06. The molecule has 0 aromatic heterocycles. The molecule has 0 fully saturated rings. The summed E-state index contributed by atoms with van der Waals surface area (Å²) >= 11 is 6.20. The molecule has 84 valence electrons. The quantitative estimate of drug-likeness (QED) is 0.585. The van der Waals surface area contributed by atoms with Crippen LogP contribution in [-0.4, -0.2) is 33.2 Å². The van der Waals surface area contributed by atoms with E-state index in [0.29, 0.717) is 11.5 Å². The van der Waals surface area contributed by atoms with Crippen LogP contribution in [0.3, 0.4) is 0 Å². The first-order chi connectivity index (χ1) is 7.10. The van der Waals surface area contributed by atoms with E-state index in [1.54, 1.807) is 14.2 Å². The van der Waals surface area contributed by atoms with Gasteiger partial charge < -0.3 is 9.47 Å². The number of nitrogens with zero attached hydrogens (tertiary/aromatic N) is 1. The van der Waals surface area contributed by atoms with E-state index in [4.69, 9.17) is 21.1 Å². The van der Waals surface area contributed by atoms with Crippen molar-refractivity contribution in [1.82, 2.24) is 4.90 Å². The lowest BCUT2D eigenvalue weighted by molar-refractivity contribution is 0.350. The van der Waals surface area contributed by atoms with Gasteiger partial charge in [-0.05, 0) is 31.8 Å². The molecule has 0 N–H and O–H groups in total. The third-order valence-corrected chi connectivity index (χ3v) is 2.78. The van der Waals surface area contributed by atoms with E-state index in [0.717, 1.165) is 5.56 Å². The lowest BCUT2D eigenvalue weighted by atomic mass is 10.2. The fraction of sp³-hybridized carbons (Fsp3) is 0.455. The molecule has 0 heterocycles. The zero-order valence-corrected chi connectivity index (χ0v) is 10.2. The fourth-order valence-electron chi connectivity index (χ4n) is 1.30. The number of hydrogen-bond donors (Lipinski definition) is 0. The van der Waals surface area contributed by atoms with Crippen LogP contribution >= 0.6 is 11.6 Å². The SMILES string of the molecule is COc1ccc(C(Cl)N(C)C)cc1OC. The molecular weight excluding hydrogens is 214 g/mol. The van der Waals surface area contributed by atoms with Gasteiger partial charge in [-0.1, -0.05) is 6.07 Å². The van der Waals surface area contributed by atoms with Gasteiger partial charge in [0.05, 0.1) is 14.2 Å². The number of benzene rings is 1. The molecule has 0 saturated heterocycles. The van der Waals surface area contributed by atoms with Crippen LogP contribution in [0.25, 0.3) is 0 Å². The standard InChI is InChI=1S/C11H16ClNO2/c1-13(2)11(12)8-5-6-9(14-3)10(7-8)15-4/h5-7,11H,1-4H3. The van der Waals surface area contributed by atoms with Crippen LogP contribution in [0.5, 0.6) is 11.5 Å². The van der Waals surface area contributed by atoms with Crippen LogP contribution in [0, 0.1) is 0 Å². The maximum Gasteiger partial charge on any atom is 0.161 e. The number of halogens is 1. The molecule has 1 aromatic rings. The number of rotatable bonds is 4. The van der Waals surface area contributed by atoms with Crippen molar-refractivity contribution in [2.24, 2.45) is 0 Å². The Bertz CT molecular complexity index is 328. The van der Waals surface area contributed by atoms with E-state index in [-0.39, 0.29) is 5.50 Å². The molecule has 1 rings (SSSR count). The third-order valence-electron chi connectivity index (χ3n) is 2.14. The largest absolute Gasteiger partial charge is 0.493 e. The summed E-state index contributed by atoms with van der Waals surface area (Å²) in [6.07, 6.45) is 0. The molecule has 0 aliphatic rings. The Morgan fingerprint density at radius 2 is 1.73 bits per heavy atom. The highest BCUT2D eigenvalue weighted by Crippen LogP contribution is 2.32. The molecule has 0 amide bonds. The number of hydrogen-bond acceptors (Lipinski definition) is 3. The Morgan fingerprint density at radius 3 is 2.20 bits per heavy atom. The van der Waals surface area contributed by atoms with Crippen molar-refractivity contribution in [3.63, 3.8) is 0 Å². The number of ether oxygens (including phenoxy) is 2. The monoisotopic (exact) mass is 229 g/mol. The molecule has 1 atom stereocenters. The molecule has 3 nitrogen and oxygen atoms in total. The summed E-state index contributed by atoms with van der Waals surface area (Å²) in [6, 6.07) is 5.67. The molecular formula is C11H16ClNO2. The van der Waals surface area contributed by atoms with Crippen molar-refractivity contribution in [3.05, 3.63) is 23.8 Å². The van der Waals surface area contributed by atoms with Crippen LogP contribution in [-0.2, 0) is 0 Å². The van der Waals surface area contributed by atoms with Gasteiger partial charge in [0.15, 0.2) is 11.5 Å². The Balaban J connectivity index is 3.02. The van der Waals surface area contributed by atoms with Gasteiger partial charge in [-0.2, -0.15) is 0 Å². The molecule has 0 bridgehead atoms. The van der Waals surface area contributed by atoms with E-state index < -0.39 is 0 Å². The topological polar surface area (TPSA) is 21.7 Å². The van der Waals surface area contributed by atoms with Gasteiger partial charge in [0.2, 0.25) is 0 Å². The zero-order chi connectivity index (χ0) is 11.4. The predicted octanol–water partition coefficient (Wildman–Crippen LogP) is 2.50. The highest BCUT2D eigenvalue weighted by molar-refractivity contribution is 6.20. The summed E-state index contributed by atoms with van der Waals surface area (Å²) < 4.78 is 10.4. The Hall–Kier alpha value is -0.930. The van der Waals surface area contributed by atoms with Crippen molar-refractivity contribution >= 4 is 11.6 Å². The smallest absolute Gasteiger partial charge is 0.161 e. The van der Waals surface area contributed by atoms with Gasteiger partial charge in [0, 0.05) is 0 Å². The van der Waals surface area contributed by atoms with E-state index in [9.17, 15) is 0 Å². The van der Waals surface area contributed by atoms with Gasteiger partial charge >= 0.3 is 0 Å². The minimum Gasteiger partial charge on any atom is -0.493 e. The minimum absolute atomic E-state index is 0.162. The summed E-state index contributed by atoms with van der Waals surface area (Å²) in [6.45, 7) is 0. The summed E-state index contributed by atoms with van der Waals surface area (Å²) in [4.78, 5) is 1.92. The summed E-state index contributed by atoms with van der Waals surface area (Å²) in [5.41, 5.74) is 0.823. The van der Waals surface area contributed by atoms with Crippen LogP contribution in [0.2, 0.25) is 0 Å². The molecule has 0 aliphatic carbocycles. The Morgan fingerprint density at radius 1 is 1.13 bits per heavy atom. The van der Waals surface area contributed by atoms with E-state index in [1.165, 1.54) is 0 Å². The lowest BCUT2D eigenvalue weighted by Crippen LogP contribution is -2.14. The first kappa shape index (κ1) is 12.1.